The van der Waals surface area contributed by atoms with Gasteiger partial charge in [-0.1, -0.05) is 27.2 Å². The molecule has 0 aliphatic carbocycles. The van der Waals surface area contributed by atoms with Crippen molar-refractivity contribution in [2.24, 2.45) is 5.92 Å². The van der Waals surface area contributed by atoms with E-state index in [4.69, 9.17) is 0 Å². The molecule has 0 spiro atoms. The molecule has 0 bridgehead atoms. The van der Waals surface area contributed by atoms with Crippen LogP contribution in [0.1, 0.15) is 40.5 Å². The number of urea groups is 1. The van der Waals surface area contributed by atoms with Gasteiger partial charge in [0.1, 0.15) is 0 Å². The summed E-state index contributed by atoms with van der Waals surface area (Å²) in [5.74, 6) is 0.519. The van der Waals surface area contributed by atoms with Crippen LogP contribution in [-0.4, -0.2) is 55.0 Å². The molecular formula is C16H29N3O2. The SMILES string of the molecule is CCC1=C(C)CN(C(=O)NCCN(C)CC(C)CC)C1=O. The molecule has 5 heteroatoms. The van der Waals surface area contributed by atoms with Gasteiger partial charge in [0.05, 0.1) is 6.54 Å². The minimum Gasteiger partial charge on any atom is -0.336 e. The van der Waals surface area contributed by atoms with Crippen LogP contribution >= 0.6 is 0 Å². The lowest BCUT2D eigenvalue weighted by atomic mass is 10.1. The molecule has 1 atom stereocenters. The second-order valence-electron chi connectivity index (χ2n) is 6.01. The van der Waals surface area contributed by atoms with Crippen LogP contribution in [0, 0.1) is 5.92 Å². The highest BCUT2D eigenvalue weighted by Gasteiger charge is 2.31. The Morgan fingerprint density at radius 1 is 1.43 bits per heavy atom. The zero-order chi connectivity index (χ0) is 16.0. The lowest BCUT2D eigenvalue weighted by Gasteiger charge is -2.21. The van der Waals surface area contributed by atoms with Crippen molar-refractivity contribution in [3.63, 3.8) is 0 Å². The number of carbonyl (C=O) groups is 2. The number of hydrogen-bond donors (Lipinski definition) is 1. The predicted octanol–water partition coefficient (Wildman–Crippen LogP) is 2.24. The normalized spacial score (nSPS) is 16.9. The molecule has 1 aliphatic rings. The highest BCUT2D eigenvalue weighted by Crippen LogP contribution is 2.21. The maximum Gasteiger partial charge on any atom is 0.324 e. The van der Waals surface area contributed by atoms with Crippen LogP contribution in [0.2, 0.25) is 0 Å². The predicted molar refractivity (Wildman–Crippen MR) is 85.1 cm³/mol. The molecule has 0 aromatic rings. The van der Waals surface area contributed by atoms with E-state index in [2.05, 4.69) is 31.1 Å². The van der Waals surface area contributed by atoms with Crippen LogP contribution in [0.4, 0.5) is 4.79 Å². The van der Waals surface area contributed by atoms with E-state index in [0.717, 1.165) is 30.7 Å². The molecule has 0 radical (unpaired) electrons. The van der Waals surface area contributed by atoms with E-state index >= 15 is 0 Å². The van der Waals surface area contributed by atoms with Gasteiger partial charge in [0.25, 0.3) is 5.91 Å². The summed E-state index contributed by atoms with van der Waals surface area (Å²) in [6.45, 7) is 11.1. The van der Waals surface area contributed by atoms with Gasteiger partial charge in [0.15, 0.2) is 0 Å². The van der Waals surface area contributed by atoms with E-state index in [1.165, 1.54) is 4.90 Å². The van der Waals surface area contributed by atoms with Gasteiger partial charge in [-0.15, -0.1) is 0 Å². The smallest absolute Gasteiger partial charge is 0.324 e. The third-order valence-electron chi connectivity index (χ3n) is 4.10. The Morgan fingerprint density at radius 3 is 2.62 bits per heavy atom. The monoisotopic (exact) mass is 295 g/mol. The van der Waals surface area contributed by atoms with E-state index in [1.807, 2.05) is 13.8 Å². The fourth-order valence-electron chi connectivity index (χ4n) is 2.57. The Hall–Kier alpha value is -1.36. The number of nitrogens with zero attached hydrogens (tertiary/aromatic N) is 2. The number of amides is 3. The number of likely N-dealkylation sites (N-methyl/N-ethyl adjacent to an activating group) is 1. The topological polar surface area (TPSA) is 52.7 Å². The molecule has 0 aromatic carbocycles. The van der Waals surface area contributed by atoms with Crippen molar-refractivity contribution in [1.29, 1.82) is 0 Å². The highest BCUT2D eigenvalue weighted by atomic mass is 16.2. The van der Waals surface area contributed by atoms with Gasteiger partial charge < -0.3 is 10.2 Å². The zero-order valence-electron chi connectivity index (χ0n) is 14.0. The quantitative estimate of drug-likeness (QED) is 0.783. The second-order valence-corrected chi connectivity index (χ2v) is 6.01. The molecule has 120 valence electrons. The summed E-state index contributed by atoms with van der Waals surface area (Å²) < 4.78 is 0. The summed E-state index contributed by atoms with van der Waals surface area (Å²) in [6.07, 6.45) is 1.84. The van der Waals surface area contributed by atoms with E-state index in [1.54, 1.807) is 0 Å². The molecule has 21 heavy (non-hydrogen) atoms. The average molecular weight is 295 g/mol. The highest BCUT2D eigenvalue weighted by molar-refractivity contribution is 6.06. The fraction of sp³-hybridized carbons (Fsp3) is 0.750. The lowest BCUT2D eigenvalue weighted by Crippen LogP contribution is -2.44. The van der Waals surface area contributed by atoms with Gasteiger partial charge in [-0.05, 0) is 31.9 Å². The molecule has 3 amide bonds. The van der Waals surface area contributed by atoms with Crippen LogP contribution in [0.25, 0.3) is 0 Å². The Kier molecular flexibility index (Phi) is 6.89. The van der Waals surface area contributed by atoms with E-state index in [9.17, 15) is 9.59 Å². The zero-order valence-corrected chi connectivity index (χ0v) is 14.0. The Morgan fingerprint density at radius 2 is 2.10 bits per heavy atom. The Bertz CT molecular complexity index is 418. The van der Waals surface area contributed by atoms with Gasteiger partial charge in [-0.25, -0.2) is 4.79 Å². The first-order chi connectivity index (χ1) is 9.90. The van der Waals surface area contributed by atoms with E-state index in [0.29, 0.717) is 25.4 Å². The Balaban J connectivity index is 2.34. The number of imide groups is 1. The molecule has 1 aliphatic heterocycles. The molecule has 1 rings (SSSR count). The molecule has 0 saturated carbocycles. The summed E-state index contributed by atoms with van der Waals surface area (Å²) >= 11 is 0. The van der Waals surface area contributed by atoms with Gasteiger partial charge >= 0.3 is 6.03 Å². The summed E-state index contributed by atoms with van der Waals surface area (Å²) in [7, 11) is 2.06. The van der Waals surface area contributed by atoms with Crippen molar-refractivity contribution in [3.05, 3.63) is 11.1 Å². The summed E-state index contributed by atoms with van der Waals surface area (Å²) in [4.78, 5) is 27.7. The number of hydrogen-bond acceptors (Lipinski definition) is 3. The van der Waals surface area contributed by atoms with Crippen LogP contribution in [0.15, 0.2) is 11.1 Å². The molecule has 0 saturated heterocycles. The van der Waals surface area contributed by atoms with Crippen molar-refractivity contribution in [1.82, 2.24) is 15.1 Å². The average Bonchev–Trinajstić information content (AvgIpc) is 2.73. The van der Waals surface area contributed by atoms with Crippen LogP contribution in [0.5, 0.6) is 0 Å². The van der Waals surface area contributed by atoms with Crippen molar-refractivity contribution in [3.8, 4) is 0 Å². The largest absolute Gasteiger partial charge is 0.336 e. The molecule has 0 aromatic heterocycles. The fourth-order valence-corrected chi connectivity index (χ4v) is 2.57. The first kappa shape index (κ1) is 17.7. The molecular weight excluding hydrogens is 266 g/mol. The molecule has 5 nitrogen and oxygen atoms in total. The van der Waals surface area contributed by atoms with Gasteiger partial charge in [0, 0.05) is 25.2 Å². The van der Waals surface area contributed by atoms with Crippen molar-refractivity contribution in [2.45, 2.75) is 40.5 Å². The third-order valence-corrected chi connectivity index (χ3v) is 4.10. The van der Waals surface area contributed by atoms with Crippen LogP contribution in [0.3, 0.4) is 0 Å². The van der Waals surface area contributed by atoms with Crippen molar-refractivity contribution < 1.29 is 9.59 Å². The standard InChI is InChI=1S/C16H29N3O2/c1-6-12(3)10-18(5)9-8-17-16(21)19-11-13(4)14(7-2)15(19)20/h12H,6-11H2,1-5H3,(H,17,21). The first-order valence-electron chi connectivity index (χ1n) is 7.87. The summed E-state index contributed by atoms with van der Waals surface area (Å²) in [5, 5.41) is 2.84. The maximum atomic E-state index is 12.1. The van der Waals surface area contributed by atoms with Crippen molar-refractivity contribution in [2.75, 3.05) is 33.2 Å². The summed E-state index contributed by atoms with van der Waals surface area (Å²) in [6, 6.07) is -0.278. The van der Waals surface area contributed by atoms with E-state index < -0.39 is 0 Å². The number of carbonyl (C=O) groups excluding carboxylic acids is 2. The minimum atomic E-state index is -0.278. The lowest BCUT2D eigenvalue weighted by molar-refractivity contribution is -0.123. The first-order valence-corrected chi connectivity index (χ1v) is 7.87. The van der Waals surface area contributed by atoms with Gasteiger partial charge in [-0.2, -0.15) is 0 Å². The maximum absolute atomic E-state index is 12.1. The summed E-state index contributed by atoms with van der Waals surface area (Å²) in [5.41, 5.74) is 1.78. The number of nitrogens with one attached hydrogen (secondary N) is 1. The molecule has 0 fully saturated rings. The van der Waals surface area contributed by atoms with Crippen LogP contribution in [-0.2, 0) is 4.79 Å². The van der Waals surface area contributed by atoms with Gasteiger partial charge in [-0.3, -0.25) is 9.69 Å². The molecule has 1 heterocycles. The Labute approximate surface area is 128 Å². The van der Waals surface area contributed by atoms with Gasteiger partial charge in [0.2, 0.25) is 0 Å². The van der Waals surface area contributed by atoms with Crippen molar-refractivity contribution >= 4 is 11.9 Å². The second kappa shape index (κ2) is 8.17. The molecule has 1 N–H and O–H groups in total. The van der Waals surface area contributed by atoms with Crippen LogP contribution < -0.4 is 5.32 Å². The molecule has 1 unspecified atom stereocenters. The number of rotatable bonds is 7. The third kappa shape index (κ3) is 4.84. The minimum absolute atomic E-state index is 0.138. The van der Waals surface area contributed by atoms with E-state index in [-0.39, 0.29) is 11.9 Å².